The van der Waals surface area contributed by atoms with Crippen molar-refractivity contribution in [1.82, 2.24) is 9.97 Å². The van der Waals surface area contributed by atoms with Gasteiger partial charge >= 0.3 is 0 Å². The van der Waals surface area contributed by atoms with Crippen LogP contribution in [0, 0.1) is 0 Å². The number of nitrogens with zero attached hydrogens (tertiary/aromatic N) is 3. The van der Waals surface area contributed by atoms with E-state index < -0.39 is 0 Å². The Labute approximate surface area is 97.3 Å². The van der Waals surface area contributed by atoms with E-state index in [9.17, 15) is 0 Å². The van der Waals surface area contributed by atoms with Gasteiger partial charge in [0.05, 0.1) is 0 Å². The number of rotatable bonds is 4. The van der Waals surface area contributed by atoms with E-state index >= 15 is 0 Å². The van der Waals surface area contributed by atoms with Crippen LogP contribution in [0.3, 0.4) is 0 Å². The van der Waals surface area contributed by atoms with Gasteiger partial charge in [-0.15, -0.1) is 6.58 Å². The summed E-state index contributed by atoms with van der Waals surface area (Å²) >= 11 is 3.32. The summed E-state index contributed by atoms with van der Waals surface area (Å²) in [5.41, 5.74) is 5.68. The number of aromatic nitrogens is 2. The molecule has 1 saturated carbocycles. The fourth-order valence-electron chi connectivity index (χ4n) is 1.47. The molecule has 0 radical (unpaired) electrons. The first-order chi connectivity index (χ1) is 7.20. The second-order valence-electron chi connectivity index (χ2n) is 3.59. The van der Waals surface area contributed by atoms with Gasteiger partial charge in [-0.25, -0.2) is 4.98 Å². The van der Waals surface area contributed by atoms with Crippen molar-refractivity contribution in [2.45, 2.75) is 18.9 Å². The molecule has 0 spiro atoms. The van der Waals surface area contributed by atoms with Gasteiger partial charge in [-0.05, 0) is 28.8 Å². The zero-order valence-corrected chi connectivity index (χ0v) is 9.94. The maximum absolute atomic E-state index is 5.68. The average molecular weight is 269 g/mol. The highest BCUT2D eigenvalue weighted by Gasteiger charge is 2.30. The third kappa shape index (κ3) is 2.47. The normalized spacial score (nSPS) is 15.0. The van der Waals surface area contributed by atoms with E-state index in [-0.39, 0.29) is 0 Å². The molecule has 80 valence electrons. The third-order valence-corrected chi connectivity index (χ3v) is 2.68. The van der Waals surface area contributed by atoms with Crippen molar-refractivity contribution in [2.75, 3.05) is 17.2 Å². The van der Waals surface area contributed by atoms with Gasteiger partial charge in [0, 0.05) is 18.7 Å². The van der Waals surface area contributed by atoms with Crippen molar-refractivity contribution in [3.63, 3.8) is 0 Å². The van der Waals surface area contributed by atoms with Gasteiger partial charge < -0.3 is 10.6 Å². The lowest BCUT2D eigenvalue weighted by Gasteiger charge is -2.20. The van der Waals surface area contributed by atoms with E-state index in [2.05, 4.69) is 37.4 Å². The van der Waals surface area contributed by atoms with Crippen LogP contribution in [0.5, 0.6) is 0 Å². The Bertz CT molecular complexity index is 355. The molecule has 1 aromatic rings. The summed E-state index contributed by atoms with van der Waals surface area (Å²) < 4.78 is 0.722. The molecule has 4 nitrogen and oxygen atoms in total. The van der Waals surface area contributed by atoms with E-state index in [0.717, 1.165) is 11.1 Å². The molecule has 2 rings (SSSR count). The summed E-state index contributed by atoms with van der Waals surface area (Å²) in [6, 6.07) is 2.25. The predicted octanol–water partition coefficient (Wildman–Crippen LogP) is 1.98. The fraction of sp³-hybridized carbons (Fsp3) is 0.400. The van der Waals surface area contributed by atoms with Gasteiger partial charge in [0.2, 0.25) is 5.95 Å². The number of halogens is 1. The fourth-order valence-corrected chi connectivity index (χ4v) is 1.86. The second-order valence-corrected chi connectivity index (χ2v) is 4.40. The Kier molecular flexibility index (Phi) is 2.90. The molecular formula is C10H13BrN4. The molecule has 0 unspecified atom stereocenters. The molecule has 15 heavy (non-hydrogen) atoms. The van der Waals surface area contributed by atoms with Gasteiger partial charge in [-0.1, -0.05) is 6.08 Å². The molecule has 0 atom stereocenters. The lowest BCUT2D eigenvalue weighted by molar-refractivity contribution is 0.814. The zero-order chi connectivity index (χ0) is 10.8. The minimum absolute atomic E-state index is 0.488. The maximum atomic E-state index is 5.68. The smallest absolute Gasteiger partial charge is 0.228 e. The quantitative estimate of drug-likeness (QED) is 0.670. The molecular weight excluding hydrogens is 256 g/mol. The largest absolute Gasteiger partial charge is 0.383 e. The van der Waals surface area contributed by atoms with Gasteiger partial charge in [0.15, 0.2) is 0 Å². The van der Waals surface area contributed by atoms with E-state index in [1.807, 2.05) is 6.08 Å². The molecule has 0 bridgehead atoms. The van der Waals surface area contributed by atoms with Gasteiger partial charge in [0.1, 0.15) is 10.4 Å². The average Bonchev–Trinajstić information content (AvgIpc) is 2.95. The van der Waals surface area contributed by atoms with E-state index in [1.165, 1.54) is 12.8 Å². The van der Waals surface area contributed by atoms with Crippen molar-refractivity contribution in [1.29, 1.82) is 0 Å². The molecule has 1 aromatic heterocycles. The first kappa shape index (κ1) is 10.4. The van der Waals surface area contributed by atoms with E-state index in [1.54, 1.807) is 6.07 Å². The van der Waals surface area contributed by atoms with E-state index in [4.69, 9.17) is 5.73 Å². The van der Waals surface area contributed by atoms with Crippen molar-refractivity contribution >= 4 is 27.7 Å². The lowest BCUT2D eigenvalue weighted by atomic mass is 10.4. The number of anilines is 2. The van der Waals surface area contributed by atoms with Crippen LogP contribution < -0.4 is 10.6 Å². The highest BCUT2D eigenvalue weighted by atomic mass is 79.9. The van der Waals surface area contributed by atoms with Crippen LogP contribution in [0.4, 0.5) is 11.8 Å². The summed E-state index contributed by atoms with van der Waals surface area (Å²) in [5.74, 6) is 1.17. The standard InChI is InChI=1S/C10H13BrN4/c1-2-5-15(7-3-4-7)10-13-8(11)6-9(12)14-10/h2,6-7H,1,3-5H2,(H2,12,13,14). The van der Waals surface area contributed by atoms with Crippen molar-refractivity contribution in [3.8, 4) is 0 Å². The third-order valence-electron chi connectivity index (χ3n) is 2.27. The topological polar surface area (TPSA) is 55.0 Å². The van der Waals surface area contributed by atoms with Crippen molar-refractivity contribution in [3.05, 3.63) is 23.3 Å². The number of hydrogen-bond donors (Lipinski definition) is 1. The molecule has 1 aliphatic carbocycles. The molecule has 5 heteroatoms. The van der Waals surface area contributed by atoms with Crippen LogP contribution in [0.2, 0.25) is 0 Å². The van der Waals surface area contributed by atoms with Gasteiger partial charge in [-0.2, -0.15) is 4.98 Å². The summed E-state index contributed by atoms with van der Waals surface area (Å²) in [7, 11) is 0. The molecule has 0 aliphatic heterocycles. The van der Waals surface area contributed by atoms with Gasteiger partial charge in [-0.3, -0.25) is 0 Å². The maximum Gasteiger partial charge on any atom is 0.228 e. The Morgan fingerprint density at radius 1 is 1.60 bits per heavy atom. The summed E-state index contributed by atoms with van der Waals surface area (Å²) in [6.07, 6.45) is 4.26. The van der Waals surface area contributed by atoms with Gasteiger partial charge in [0.25, 0.3) is 0 Å². The van der Waals surface area contributed by atoms with Crippen LogP contribution in [0.1, 0.15) is 12.8 Å². The molecule has 0 amide bonds. The summed E-state index contributed by atoms with van der Waals surface area (Å²) in [4.78, 5) is 10.7. The highest BCUT2D eigenvalue weighted by Crippen LogP contribution is 2.30. The van der Waals surface area contributed by atoms with Crippen LogP contribution >= 0.6 is 15.9 Å². The number of hydrogen-bond acceptors (Lipinski definition) is 4. The van der Waals surface area contributed by atoms with Crippen molar-refractivity contribution in [2.24, 2.45) is 0 Å². The highest BCUT2D eigenvalue weighted by molar-refractivity contribution is 9.10. The molecule has 2 N–H and O–H groups in total. The molecule has 1 heterocycles. The first-order valence-electron chi connectivity index (χ1n) is 4.88. The predicted molar refractivity (Wildman–Crippen MR) is 64.7 cm³/mol. The zero-order valence-electron chi connectivity index (χ0n) is 8.36. The summed E-state index contributed by atoms with van der Waals surface area (Å²) in [6.45, 7) is 4.51. The Morgan fingerprint density at radius 3 is 2.87 bits per heavy atom. The Balaban J connectivity index is 2.27. The SMILES string of the molecule is C=CCN(c1nc(N)cc(Br)n1)C1CC1. The number of nitrogens with two attached hydrogens (primary N) is 1. The second kappa shape index (κ2) is 4.18. The van der Waals surface area contributed by atoms with Crippen LogP contribution in [-0.2, 0) is 0 Å². The van der Waals surface area contributed by atoms with Crippen LogP contribution in [0.15, 0.2) is 23.3 Å². The molecule has 0 saturated heterocycles. The molecule has 1 aliphatic rings. The minimum Gasteiger partial charge on any atom is -0.383 e. The first-order valence-corrected chi connectivity index (χ1v) is 5.67. The number of nitrogen functional groups attached to an aromatic ring is 1. The summed E-state index contributed by atoms with van der Waals surface area (Å²) in [5, 5.41) is 0. The monoisotopic (exact) mass is 268 g/mol. The molecule has 0 aromatic carbocycles. The van der Waals surface area contributed by atoms with Crippen LogP contribution in [-0.4, -0.2) is 22.6 Å². The Hall–Kier alpha value is -1.10. The van der Waals surface area contributed by atoms with Crippen molar-refractivity contribution < 1.29 is 0 Å². The van der Waals surface area contributed by atoms with Crippen LogP contribution in [0.25, 0.3) is 0 Å². The molecule has 1 fully saturated rings. The minimum atomic E-state index is 0.488. The lowest BCUT2D eigenvalue weighted by Crippen LogP contribution is -2.27. The van der Waals surface area contributed by atoms with E-state index in [0.29, 0.717) is 17.8 Å². The Morgan fingerprint density at radius 2 is 2.33 bits per heavy atom.